The summed E-state index contributed by atoms with van der Waals surface area (Å²) in [5.41, 5.74) is 0. The van der Waals surface area contributed by atoms with E-state index in [0.717, 1.165) is 19.3 Å². The lowest BCUT2D eigenvalue weighted by atomic mass is 9.74. The van der Waals surface area contributed by atoms with Gasteiger partial charge in [0.15, 0.2) is 0 Å². The van der Waals surface area contributed by atoms with Crippen molar-refractivity contribution in [1.29, 1.82) is 0 Å². The molecule has 0 aromatic rings. The van der Waals surface area contributed by atoms with Gasteiger partial charge in [0.1, 0.15) is 0 Å². The van der Waals surface area contributed by atoms with Gasteiger partial charge in [0.2, 0.25) is 0 Å². The molecule has 2 fully saturated rings. The second-order valence-electron chi connectivity index (χ2n) is 8.50. The van der Waals surface area contributed by atoms with Crippen LogP contribution in [0.3, 0.4) is 0 Å². The summed E-state index contributed by atoms with van der Waals surface area (Å²) >= 11 is 0. The van der Waals surface area contributed by atoms with Gasteiger partial charge in [-0.1, -0.05) is 27.7 Å². The number of hydrogen-bond acceptors (Lipinski definition) is 4. The fourth-order valence-electron chi connectivity index (χ4n) is 5.32. The predicted octanol–water partition coefficient (Wildman–Crippen LogP) is 3.92. The van der Waals surface area contributed by atoms with Crippen LogP contribution in [0.1, 0.15) is 53.4 Å². The SMILES string of the molecule is COC1C(C)CC(C)CC1COC(=O)C1CC(C)CC(C)C1OC. The van der Waals surface area contributed by atoms with Gasteiger partial charge in [-0.2, -0.15) is 0 Å². The maximum atomic E-state index is 12.7. The fourth-order valence-corrected chi connectivity index (χ4v) is 5.32. The highest BCUT2D eigenvalue weighted by molar-refractivity contribution is 5.73. The third-order valence-corrected chi connectivity index (χ3v) is 6.18. The van der Waals surface area contributed by atoms with Crippen molar-refractivity contribution in [3.8, 4) is 0 Å². The molecule has 8 atom stereocenters. The van der Waals surface area contributed by atoms with Crippen LogP contribution in [0, 0.1) is 35.5 Å². The summed E-state index contributed by atoms with van der Waals surface area (Å²) in [6, 6.07) is 0. The minimum absolute atomic E-state index is 0.0175. The minimum atomic E-state index is -0.131. The first-order valence-corrected chi connectivity index (χ1v) is 9.59. The van der Waals surface area contributed by atoms with Crippen LogP contribution in [0.2, 0.25) is 0 Å². The Morgan fingerprint density at radius 2 is 1.38 bits per heavy atom. The highest BCUT2D eigenvalue weighted by atomic mass is 16.5. The molecule has 0 aromatic carbocycles. The first kappa shape index (κ1) is 19.7. The third-order valence-electron chi connectivity index (χ3n) is 6.18. The highest BCUT2D eigenvalue weighted by Crippen LogP contribution is 2.37. The first-order valence-electron chi connectivity index (χ1n) is 9.59. The Labute approximate surface area is 147 Å². The lowest BCUT2D eigenvalue weighted by Gasteiger charge is -2.40. The summed E-state index contributed by atoms with van der Waals surface area (Å²) < 4.78 is 17.1. The standard InChI is InChI=1S/C20H36O4/c1-12-7-14(3)18(22-5)16(9-12)11-24-20(21)17-10-13(2)8-15(4)19(17)23-6/h12-19H,7-11H2,1-6H3. The summed E-state index contributed by atoms with van der Waals surface area (Å²) in [6.07, 6.45) is 4.42. The van der Waals surface area contributed by atoms with Crippen molar-refractivity contribution in [3.63, 3.8) is 0 Å². The molecule has 2 saturated carbocycles. The van der Waals surface area contributed by atoms with Crippen molar-refractivity contribution in [3.05, 3.63) is 0 Å². The Hall–Kier alpha value is -0.610. The molecule has 24 heavy (non-hydrogen) atoms. The zero-order chi connectivity index (χ0) is 17.9. The van der Waals surface area contributed by atoms with Crippen molar-refractivity contribution in [2.75, 3.05) is 20.8 Å². The van der Waals surface area contributed by atoms with Crippen LogP contribution in [0.4, 0.5) is 0 Å². The van der Waals surface area contributed by atoms with Gasteiger partial charge in [-0.15, -0.1) is 0 Å². The number of carbonyl (C=O) groups excluding carboxylic acids is 1. The molecule has 0 spiro atoms. The van der Waals surface area contributed by atoms with Crippen LogP contribution in [0.15, 0.2) is 0 Å². The van der Waals surface area contributed by atoms with E-state index in [1.165, 1.54) is 6.42 Å². The van der Waals surface area contributed by atoms with E-state index in [-0.39, 0.29) is 24.1 Å². The molecule has 4 nitrogen and oxygen atoms in total. The van der Waals surface area contributed by atoms with Crippen LogP contribution in [-0.2, 0) is 19.0 Å². The Morgan fingerprint density at radius 1 is 0.833 bits per heavy atom. The second kappa shape index (κ2) is 8.66. The smallest absolute Gasteiger partial charge is 0.311 e. The molecule has 0 aliphatic heterocycles. The van der Waals surface area contributed by atoms with Crippen LogP contribution >= 0.6 is 0 Å². The largest absolute Gasteiger partial charge is 0.465 e. The van der Waals surface area contributed by atoms with Crippen LogP contribution in [-0.4, -0.2) is 39.0 Å². The predicted molar refractivity (Wildman–Crippen MR) is 94.7 cm³/mol. The number of carbonyl (C=O) groups is 1. The van der Waals surface area contributed by atoms with E-state index in [1.54, 1.807) is 14.2 Å². The first-order chi connectivity index (χ1) is 11.4. The van der Waals surface area contributed by atoms with Crippen LogP contribution in [0.5, 0.6) is 0 Å². The molecular weight excluding hydrogens is 304 g/mol. The van der Waals surface area contributed by atoms with Gasteiger partial charge in [-0.3, -0.25) is 4.79 Å². The molecule has 2 rings (SSSR count). The maximum absolute atomic E-state index is 12.7. The monoisotopic (exact) mass is 340 g/mol. The number of rotatable bonds is 5. The molecule has 0 aromatic heterocycles. The molecule has 2 aliphatic rings. The van der Waals surface area contributed by atoms with Gasteiger partial charge in [0, 0.05) is 20.1 Å². The summed E-state index contributed by atoms with van der Waals surface area (Å²) in [5.74, 6) is 2.22. The molecule has 0 bridgehead atoms. The summed E-state index contributed by atoms with van der Waals surface area (Å²) in [5, 5.41) is 0. The van der Waals surface area contributed by atoms with Crippen LogP contribution < -0.4 is 0 Å². The molecule has 8 unspecified atom stereocenters. The molecule has 140 valence electrons. The Morgan fingerprint density at radius 3 is 1.96 bits per heavy atom. The number of methoxy groups -OCH3 is 2. The molecule has 4 heteroatoms. The van der Waals surface area contributed by atoms with E-state index >= 15 is 0 Å². The Kier molecular flexibility index (Phi) is 7.11. The quantitative estimate of drug-likeness (QED) is 0.712. The maximum Gasteiger partial charge on any atom is 0.311 e. The molecule has 0 N–H and O–H groups in total. The topological polar surface area (TPSA) is 44.8 Å². The Bertz CT molecular complexity index is 410. The van der Waals surface area contributed by atoms with Crippen molar-refractivity contribution in [2.45, 2.75) is 65.6 Å². The normalized spacial score (nSPS) is 43.4. The number of hydrogen-bond donors (Lipinski definition) is 0. The minimum Gasteiger partial charge on any atom is -0.465 e. The third kappa shape index (κ3) is 4.51. The van der Waals surface area contributed by atoms with E-state index in [4.69, 9.17) is 14.2 Å². The molecular formula is C20H36O4. The lowest BCUT2D eigenvalue weighted by molar-refractivity contribution is -0.163. The zero-order valence-electron chi connectivity index (χ0n) is 16.3. The summed E-state index contributed by atoms with van der Waals surface area (Å²) in [7, 11) is 3.49. The van der Waals surface area contributed by atoms with Gasteiger partial charge < -0.3 is 14.2 Å². The van der Waals surface area contributed by atoms with Gasteiger partial charge in [0.25, 0.3) is 0 Å². The van der Waals surface area contributed by atoms with E-state index in [1.807, 2.05) is 0 Å². The molecule has 2 aliphatic carbocycles. The fraction of sp³-hybridized carbons (Fsp3) is 0.950. The molecule has 0 radical (unpaired) electrons. The van der Waals surface area contributed by atoms with E-state index in [2.05, 4.69) is 27.7 Å². The lowest BCUT2D eigenvalue weighted by Crippen LogP contribution is -2.43. The van der Waals surface area contributed by atoms with Crippen LogP contribution in [0.25, 0.3) is 0 Å². The second-order valence-corrected chi connectivity index (χ2v) is 8.50. The molecule has 0 saturated heterocycles. The van der Waals surface area contributed by atoms with Gasteiger partial charge in [-0.05, 0) is 49.4 Å². The van der Waals surface area contributed by atoms with Crippen molar-refractivity contribution in [1.82, 2.24) is 0 Å². The summed E-state index contributed by atoms with van der Waals surface area (Å²) in [4.78, 5) is 12.7. The van der Waals surface area contributed by atoms with E-state index in [0.29, 0.717) is 36.2 Å². The van der Waals surface area contributed by atoms with Gasteiger partial charge in [0.05, 0.1) is 24.7 Å². The molecule has 0 heterocycles. The number of esters is 1. The van der Waals surface area contributed by atoms with Crippen molar-refractivity contribution in [2.24, 2.45) is 35.5 Å². The summed E-state index contributed by atoms with van der Waals surface area (Å²) in [6.45, 7) is 9.39. The Balaban J connectivity index is 1.95. The van der Waals surface area contributed by atoms with E-state index in [9.17, 15) is 4.79 Å². The molecule has 0 amide bonds. The van der Waals surface area contributed by atoms with Crippen molar-refractivity contribution < 1.29 is 19.0 Å². The zero-order valence-corrected chi connectivity index (χ0v) is 16.3. The van der Waals surface area contributed by atoms with Crippen molar-refractivity contribution >= 4 is 5.97 Å². The number of ether oxygens (including phenoxy) is 3. The average molecular weight is 341 g/mol. The van der Waals surface area contributed by atoms with Gasteiger partial charge >= 0.3 is 5.97 Å². The average Bonchev–Trinajstić information content (AvgIpc) is 2.51. The van der Waals surface area contributed by atoms with E-state index < -0.39 is 0 Å². The van der Waals surface area contributed by atoms with Gasteiger partial charge in [-0.25, -0.2) is 0 Å². The highest BCUT2D eigenvalue weighted by Gasteiger charge is 2.40.